The van der Waals surface area contributed by atoms with Crippen LogP contribution in [0.25, 0.3) is 0 Å². The average Bonchev–Trinajstić information content (AvgIpc) is 3.15. The van der Waals surface area contributed by atoms with Gasteiger partial charge in [-0.3, -0.25) is 0 Å². The number of nitrogens with zero attached hydrogens (tertiary/aromatic N) is 3. The number of carbonyl (C=O) groups excluding carboxylic acids is 1. The maximum atomic E-state index is 12.9. The molecule has 29 heavy (non-hydrogen) atoms. The smallest absolute Gasteiger partial charge is 0.338 e. The standard InChI is InChI=1S/C19H25N3O6S/c1-12(2)18-20-17(28-21-18)11-26-19(23)15-5-7-16(8-6-15)29(24,25)22-9-13(3)27-14(4)10-22/h5-8,12-14H,9-11H2,1-4H3/t13-,14+. The van der Waals surface area contributed by atoms with Gasteiger partial charge in [-0.25, -0.2) is 13.2 Å². The number of rotatable bonds is 6. The fourth-order valence-corrected chi connectivity index (χ4v) is 4.60. The molecule has 1 saturated heterocycles. The van der Waals surface area contributed by atoms with Gasteiger partial charge in [0.1, 0.15) is 0 Å². The molecular formula is C19H25N3O6S. The van der Waals surface area contributed by atoms with E-state index in [0.29, 0.717) is 18.9 Å². The highest BCUT2D eigenvalue weighted by Gasteiger charge is 2.32. The second-order valence-electron chi connectivity index (χ2n) is 7.38. The van der Waals surface area contributed by atoms with Gasteiger partial charge in [0, 0.05) is 19.0 Å². The van der Waals surface area contributed by atoms with E-state index in [4.69, 9.17) is 14.0 Å². The summed E-state index contributed by atoms with van der Waals surface area (Å²) in [5.74, 6) is 0.246. The van der Waals surface area contributed by atoms with Gasteiger partial charge in [0.05, 0.1) is 22.7 Å². The summed E-state index contributed by atoms with van der Waals surface area (Å²) < 4.78 is 42.9. The topological polar surface area (TPSA) is 112 Å². The SMILES string of the molecule is CC(C)c1noc(COC(=O)c2ccc(S(=O)(=O)N3C[C@@H](C)O[C@@H](C)C3)cc2)n1. The molecule has 1 aliphatic heterocycles. The summed E-state index contributed by atoms with van der Waals surface area (Å²) in [7, 11) is -3.66. The zero-order chi connectivity index (χ0) is 21.2. The Morgan fingerprint density at radius 2 is 1.83 bits per heavy atom. The molecule has 3 rings (SSSR count). The summed E-state index contributed by atoms with van der Waals surface area (Å²) in [5.41, 5.74) is 0.233. The molecule has 1 aromatic heterocycles. The normalized spacial score (nSPS) is 20.7. The highest BCUT2D eigenvalue weighted by atomic mass is 32.2. The van der Waals surface area contributed by atoms with Crippen molar-refractivity contribution in [2.45, 2.75) is 57.3 Å². The van der Waals surface area contributed by atoms with Gasteiger partial charge in [0.15, 0.2) is 12.4 Å². The zero-order valence-electron chi connectivity index (χ0n) is 16.9. The molecule has 2 atom stereocenters. The van der Waals surface area contributed by atoms with E-state index in [1.54, 1.807) is 0 Å². The van der Waals surface area contributed by atoms with E-state index in [1.165, 1.54) is 28.6 Å². The summed E-state index contributed by atoms with van der Waals surface area (Å²) in [6.45, 7) is 7.96. The maximum absolute atomic E-state index is 12.9. The molecule has 0 saturated carbocycles. The molecule has 0 unspecified atom stereocenters. The molecule has 158 valence electrons. The lowest BCUT2D eigenvalue weighted by Crippen LogP contribution is -2.48. The third-order valence-corrected chi connectivity index (χ3v) is 6.29. The predicted molar refractivity (Wildman–Crippen MR) is 103 cm³/mol. The lowest BCUT2D eigenvalue weighted by atomic mass is 10.2. The largest absolute Gasteiger partial charge is 0.452 e. The second-order valence-corrected chi connectivity index (χ2v) is 9.32. The molecule has 0 amide bonds. The first-order valence-electron chi connectivity index (χ1n) is 9.42. The number of hydrogen-bond donors (Lipinski definition) is 0. The van der Waals surface area contributed by atoms with E-state index < -0.39 is 16.0 Å². The maximum Gasteiger partial charge on any atom is 0.338 e. The van der Waals surface area contributed by atoms with Crippen molar-refractivity contribution in [3.63, 3.8) is 0 Å². The average molecular weight is 423 g/mol. The molecule has 9 nitrogen and oxygen atoms in total. The van der Waals surface area contributed by atoms with E-state index in [1.807, 2.05) is 27.7 Å². The molecule has 2 heterocycles. The second kappa shape index (κ2) is 8.60. The molecule has 0 N–H and O–H groups in total. The van der Waals surface area contributed by atoms with E-state index >= 15 is 0 Å². The Kier molecular flexibility index (Phi) is 6.35. The summed E-state index contributed by atoms with van der Waals surface area (Å²) in [6, 6.07) is 5.66. The Morgan fingerprint density at radius 3 is 2.38 bits per heavy atom. The Balaban J connectivity index is 1.64. The van der Waals surface area contributed by atoms with Gasteiger partial charge in [-0.2, -0.15) is 9.29 Å². The molecule has 0 bridgehead atoms. The molecule has 1 aromatic carbocycles. The number of ether oxygens (including phenoxy) is 2. The molecule has 0 radical (unpaired) electrons. The van der Waals surface area contributed by atoms with Crippen LogP contribution in [0.15, 0.2) is 33.7 Å². The van der Waals surface area contributed by atoms with Gasteiger partial charge in [-0.15, -0.1) is 0 Å². The van der Waals surface area contributed by atoms with Crippen molar-refractivity contribution >= 4 is 16.0 Å². The monoisotopic (exact) mass is 423 g/mol. The number of aromatic nitrogens is 2. The fourth-order valence-electron chi connectivity index (χ4n) is 3.01. The molecule has 0 aliphatic carbocycles. The van der Waals surface area contributed by atoms with E-state index in [-0.39, 0.29) is 41.1 Å². The Morgan fingerprint density at radius 1 is 1.21 bits per heavy atom. The van der Waals surface area contributed by atoms with Crippen LogP contribution in [0.1, 0.15) is 55.7 Å². The van der Waals surface area contributed by atoms with Crippen LogP contribution in [0.4, 0.5) is 0 Å². The predicted octanol–water partition coefficient (Wildman–Crippen LogP) is 2.35. The third-order valence-electron chi connectivity index (χ3n) is 4.44. The van der Waals surface area contributed by atoms with Crippen LogP contribution in [0.3, 0.4) is 0 Å². The van der Waals surface area contributed by atoms with Crippen molar-refractivity contribution in [1.82, 2.24) is 14.4 Å². The van der Waals surface area contributed by atoms with Crippen LogP contribution in [0.2, 0.25) is 0 Å². The minimum atomic E-state index is -3.66. The number of esters is 1. The van der Waals surface area contributed by atoms with Gasteiger partial charge >= 0.3 is 5.97 Å². The minimum absolute atomic E-state index is 0.107. The first kappa shape index (κ1) is 21.4. The number of sulfonamides is 1. The van der Waals surface area contributed by atoms with Gasteiger partial charge in [0.25, 0.3) is 5.89 Å². The van der Waals surface area contributed by atoms with Crippen molar-refractivity contribution < 1.29 is 27.2 Å². The van der Waals surface area contributed by atoms with Crippen LogP contribution in [0, 0.1) is 0 Å². The van der Waals surface area contributed by atoms with E-state index in [9.17, 15) is 13.2 Å². The highest BCUT2D eigenvalue weighted by molar-refractivity contribution is 7.89. The van der Waals surface area contributed by atoms with E-state index in [0.717, 1.165) is 0 Å². The molecule has 1 fully saturated rings. The number of benzene rings is 1. The van der Waals surface area contributed by atoms with Crippen LogP contribution >= 0.6 is 0 Å². The van der Waals surface area contributed by atoms with Crippen LogP contribution < -0.4 is 0 Å². The van der Waals surface area contributed by atoms with Crippen LogP contribution in [0.5, 0.6) is 0 Å². The lowest BCUT2D eigenvalue weighted by Gasteiger charge is -2.34. The molecular weight excluding hydrogens is 398 g/mol. The van der Waals surface area contributed by atoms with Crippen LogP contribution in [-0.2, 0) is 26.1 Å². The minimum Gasteiger partial charge on any atom is -0.452 e. The molecule has 2 aromatic rings. The number of morpholine rings is 1. The Hall–Kier alpha value is -2.30. The summed E-state index contributed by atoms with van der Waals surface area (Å²) in [6.07, 6.45) is -0.354. The van der Waals surface area contributed by atoms with Crippen LogP contribution in [-0.4, -0.2) is 54.1 Å². The van der Waals surface area contributed by atoms with Gasteiger partial charge in [-0.1, -0.05) is 19.0 Å². The first-order chi connectivity index (χ1) is 13.7. The van der Waals surface area contributed by atoms with Gasteiger partial charge < -0.3 is 14.0 Å². The lowest BCUT2D eigenvalue weighted by molar-refractivity contribution is -0.0440. The number of hydrogen-bond acceptors (Lipinski definition) is 8. The van der Waals surface area contributed by atoms with Crippen molar-refractivity contribution in [2.24, 2.45) is 0 Å². The summed E-state index contributed by atoms with van der Waals surface area (Å²) in [4.78, 5) is 16.5. The summed E-state index contributed by atoms with van der Waals surface area (Å²) in [5, 5.41) is 3.80. The van der Waals surface area contributed by atoms with Gasteiger partial charge in [0.2, 0.25) is 10.0 Å². The third kappa shape index (κ3) is 5.01. The Labute approximate surface area is 170 Å². The van der Waals surface area contributed by atoms with Crippen molar-refractivity contribution in [1.29, 1.82) is 0 Å². The van der Waals surface area contributed by atoms with E-state index in [2.05, 4.69) is 10.1 Å². The van der Waals surface area contributed by atoms with Crippen molar-refractivity contribution in [3.8, 4) is 0 Å². The molecule has 10 heteroatoms. The van der Waals surface area contributed by atoms with Crippen molar-refractivity contribution in [2.75, 3.05) is 13.1 Å². The fraction of sp³-hybridized carbons (Fsp3) is 0.526. The first-order valence-corrected chi connectivity index (χ1v) is 10.9. The van der Waals surface area contributed by atoms with Crippen molar-refractivity contribution in [3.05, 3.63) is 41.5 Å². The zero-order valence-corrected chi connectivity index (χ0v) is 17.7. The summed E-state index contributed by atoms with van der Waals surface area (Å²) >= 11 is 0. The number of carbonyl (C=O) groups is 1. The quantitative estimate of drug-likeness (QED) is 0.651. The van der Waals surface area contributed by atoms with Gasteiger partial charge in [-0.05, 0) is 38.1 Å². The molecule has 1 aliphatic rings. The Bertz CT molecular complexity index is 945. The molecule has 0 spiro atoms. The highest BCUT2D eigenvalue weighted by Crippen LogP contribution is 2.22.